The van der Waals surface area contributed by atoms with Crippen LogP contribution in [0.4, 0.5) is 0 Å². The second kappa shape index (κ2) is 11.9. The van der Waals surface area contributed by atoms with Crippen LogP contribution < -0.4 is 5.32 Å². The summed E-state index contributed by atoms with van der Waals surface area (Å²) in [6.45, 7) is 3.97. The van der Waals surface area contributed by atoms with E-state index >= 15 is 0 Å². The predicted molar refractivity (Wildman–Crippen MR) is 71.6 cm³/mol. The van der Waals surface area contributed by atoms with Crippen molar-refractivity contribution in [2.75, 3.05) is 6.98 Å². The molecule has 0 heterocycles. The summed E-state index contributed by atoms with van der Waals surface area (Å²) in [5, 5.41) is 18.2. The molecule has 3 N–H and O–H groups in total. The number of nitrogens with one attached hydrogen (secondary N) is 1. The number of aliphatic carboxylic acids is 2. The second-order valence-corrected chi connectivity index (χ2v) is 3.91. The van der Waals surface area contributed by atoms with Crippen LogP contribution in [-0.2, 0) is 9.59 Å². The lowest BCUT2D eigenvalue weighted by Crippen LogP contribution is -2.20. The fourth-order valence-electron chi connectivity index (χ4n) is 0.837. The van der Waals surface area contributed by atoms with Crippen LogP contribution in [0.3, 0.4) is 0 Å². The maximum absolute atomic E-state index is 9.55. The van der Waals surface area contributed by atoms with Gasteiger partial charge in [-0.15, -0.1) is 0 Å². The Morgan fingerprint density at radius 3 is 2.11 bits per heavy atom. The van der Waals surface area contributed by atoms with Crippen molar-refractivity contribution in [2.24, 2.45) is 0 Å². The van der Waals surface area contributed by atoms with Gasteiger partial charge in [-0.3, -0.25) is 0 Å². The van der Waals surface area contributed by atoms with Gasteiger partial charge in [-0.25, -0.2) is 9.59 Å². The number of hydrogen-bond donors (Lipinski definition) is 3. The van der Waals surface area contributed by atoms with Gasteiger partial charge in [0, 0.05) is 22.3 Å². The van der Waals surface area contributed by atoms with Crippen LogP contribution in [0.2, 0.25) is 0 Å². The van der Waals surface area contributed by atoms with E-state index in [9.17, 15) is 9.59 Å². The van der Waals surface area contributed by atoms with Crippen molar-refractivity contribution in [1.29, 1.82) is 0 Å². The molecule has 0 fully saturated rings. The molecule has 0 radical (unpaired) electrons. The van der Waals surface area contributed by atoms with Gasteiger partial charge >= 0.3 is 11.9 Å². The normalized spacial score (nSPS) is 14.5. The van der Waals surface area contributed by atoms with E-state index in [4.69, 9.17) is 14.3 Å². The van der Waals surface area contributed by atoms with Crippen molar-refractivity contribution < 1.29 is 23.9 Å². The summed E-state index contributed by atoms with van der Waals surface area (Å²) in [4.78, 5) is 19.1. The van der Waals surface area contributed by atoms with Gasteiger partial charge in [0.1, 0.15) is 0 Å². The first-order valence-corrected chi connectivity index (χ1v) is 5.49. The number of hydrogen-bond acceptors (Lipinski definition) is 3. The minimum atomic E-state index is -2.01. The topological polar surface area (TPSA) is 86.6 Å². The highest BCUT2D eigenvalue weighted by molar-refractivity contribution is 5.89. The molecular formula is C13H23NO4. The molecular weight excluding hydrogens is 234 g/mol. The zero-order chi connectivity index (χ0) is 17.1. The lowest BCUT2D eigenvalue weighted by atomic mass is 10.1. The first-order chi connectivity index (χ1) is 9.44. The van der Waals surface area contributed by atoms with Crippen LogP contribution in [0.25, 0.3) is 0 Å². The molecule has 0 aromatic heterocycles. The zero-order valence-electron chi connectivity index (χ0n) is 13.9. The number of allylic oxidation sites excluding steroid dienone is 2. The number of rotatable bonds is 6. The SMILES string of the molecule is O=C(O)/C=C\C(=O)O.[2H]C([2H])([2H])NC(C)CCC=C(C)C. The molecule has 0 rings (SSSR count). The Hall–Kier alpha value is -1.62. The molecule has 18 heavy (non-hydrogen) atoms. The largest absolute Gasteiger partial charge is 0.478 e. The molecule has 104 valence electrons. The average molecular weight is 260 g/mol. The minimum Gasteiger partial charge on any atom is -0.478 e. The van der Waals surface area contributed by atoms with Gasteiger partial charge in [0.15, 0.2) is 0 Å². The van der Waals surface area contributed by atoms with Crippen LogP contribution in [0, 0.1) is 0 Å². The monoisotopic (exact) mass is 260 g/mol. The third kappa shape index (κ3) is 19.9. The van der Waals surface area contributed by atoms with Crippen LogP contribution in [-0.4, -0.2) is 35.2 Å². The van der Waals surface area contributed by atoms with Crippen LogP contribution in [0.1, 0.15) is 37.7 Å². The molecule has 0 bridgehead atoms. The Morgan fingerprint density at radius 2 is 1.78 bits per heavy atom. The molecule has 0 amide bonds. The Kier molecular flexibility index (Phi) is 8.45. The predicted octanol–water partition coefficient (Wildman–Crippen LogP) is 2.05. The van der Waals surface area contributed by atoms with Gasteiger partial charge in [-0.1, -0.05) is 11.6 Å². The van der Waals surface area contributed by atoms with Crippen molar-refractivity contribution in [3.63, 3.8) is 0 Å². The highest BCUT2D eigenvalue weighted by atomic mass is 16.4. The minimum absolute atomic E-state index is 0.0445. The molecule has 5 heteroatoms. The Labute approximate surface area is 112 Å². The molecule has 0 aliphatic heterocycles. The van der Waals surface area contributed by atoms with E-state index in [2.05, 4.69) is 11.4 Å². The molecule has 0 saturated carbocycles. The van der Waals surface area contributed by atoms with E-state index in [1.807, 2.05) is 20.8 Å². The van der Waals surface area contributed by atoms with Gasteiger partial charge in [-0.2, -0.15) is 0 Å². The van der Waals surface area contributed by atoms with E-state index in [-0.39, 0.29) is 6.04 Å². The number of carboxylic acid groups (broad SMARTS) is 2. The molecule has 0 aliphatic rings. The Bertz CT molecular complexity index is 369. The van der Waals surface area contributed by atoms with E-state index in [0.29, 0.717) is 12.2 Å². The van der Waals surface area contributed by atoms with Crippen LogP contribution in [0.15, 0.2) is 23.8 Å². The summed E-state index contributed by atoms with van der Waals surface area (Å²) in [6, 6.07) is 0.0445. The summed E-state index contributed by atoms with van der Waals surface area (Å²) in [7, 11) is 0. The van der Waals surface area contributed by atoms with Gasteiger partial charge in [0.25, 0.3) is 0 Å². The maximum Gasteiger partial charge on any atom is 0.328 e. The van der Waals surface area contributed by atoms with E-state index in [0.717, 1.165) is 12.8 Å². The smallest absolute Gasteiger partial charge is 0.328 e. The lowest BCUT2D eigenvalue weighted by molar-refractivity contribution is -0.134. The molecule has 1 atom stereocenters. The van der Waals surface area contributed by atoms with Crippen LogP contribution >= 0.6 is 0 Å². The summed E-state index contributed by atoms with van der Waals surface area (Å²) in [5.41, 5.74) is 1.28. The van der Waals surface area contributed by atoms with Crippen molar-refractivity contribution >= 4 is 11.9 Å². The zero-order valence-corrected chi connectivity index (χ0v) is 10.9. The van der Waals surface area contributed by atoms with Gasteiger partial charge in [0.2, 0.25) is 0 Å². The van der Waals surface area contributed by atoms with E-state index in [1.54, 1.807) is 0 Å². The van der Waals surface area contributed by atoms with Crippen molar-refractivity contribution in [1.82, 2.24) is 5.32 Å². The van der Waals surface area contributed by atoms with Crippen molar-refractivity contribution in [3.05, 3.63) is 23.8 Å². The molecule has 0 aromatic carbocycles. The summed E-state index contributed by atoms with van der Waals surface area (Å²) >= 11 is 0. The van der Waals surface area contributed by atoms with Crippen molar-refractivity contribution in [3.8, 4) is 0 Å². The van der Waals surface area contributed by atoms with Gasteiger partial charge < -0.3 is 15.5 Å². The van der Waals surface area contributed by atoms with Crippen LogP contribution in [0.5, 0.6) is 0 Å². The van der Waals surface area contributed by atoms with Gasteiger partial charge in [0.05, 0.1) is 0 Å². The van der Waals surface area contributed by atoms with E-state index in [1.165, 1.54) is 5.57 Å². The fourth-order valence-corrected chi connectivity index (χ4v) is 0.837. The summed E-state index contributed by atoms with van der Waals surface area (Å²) in [6.07, 6.45) is 5.04. The highest BCUT2D eigenvalue weighted by Gasteiger charge is 1.93. The third-order valence-electron chi connectivity index (χ3n) is 1.77. The quantitative estimate of drug-likeness (QED) is 0.502. The lowest BCUT2D eigenvalue weighted by Gasteiger charge is -2.06. The molecule has 5 nitrogen and oxygen atoms in total. The second-order valence-electron chi connectivity index (χ2n) is 3.91. The first-order valence-electron chi connectivity index (χ1n) is 6.99. The highest BCUT2D eigenvalue weighted by Crippen LogP contribution is 1.99. The molecule has 0 saturated heterocycles. The summed E-state index contributed by atoms with van der Waals surface area (Å²) in [5.74, 6) is -2.51. The maximum atomic E-state index is 9.55. The molecule has 0 spiro atoms. The van der Waals surface area contributed by atoms with E-state index < -0.39 is 18.9 Å². The Morgan fingerprint density at radius 1 is 1.28 bits per heavy atom. The standard InChI is InChI=1S/C9H19N.C4H4O4/c1-8(2)6-5-7-9(3)10-4;5-3(6)1-2-4(7)8/h6,9-10H,5,7H2,1-4H3;1-2H,(H,5,6)(H,7,8)/b;2-1-/i4D3;. The average Bonchev–Trinajstić information content (AvgIpc) is 2.24. The Balaban J connectivity index is 0. The fraction of sp³-hybridized carbons (Fsp3) is 0.538. The molecule has 1 unspecified atom stereocenters. The first kappa shape index (κ1) is 12.8. The number of carboxylic acids is 2. The third-order valence-corrected chi connectivity index (χ3v) is 1.77. The van der Waals surface area contributed by atoms with Gasteiger partial charge in [-0.05, 0) is 40.6 Å². The molecule has 0 aromatic rings. The molecule has 0 aliphatic carbocycles. The number of carbonyl (C=O) groups is 2. The van der Waals surface area contributed by atoms with Crippen molar-refractivity contribution in [2.45, 2.75) is 39.7 Å². The summed E-state index contributed by atoms with van der Waals surface area (Å²) < 4.78 is 21.0.